The normalized spacial score (nSPS) is 17.6. The summed E-state index contributed by atoms with van der Waals surface area (Å²) in [6.07, 6.45) is 6.55. The van der Waals surface area contributed by atoms with E-state index in [4.69, 9.17) is 9.47 Å². The lowest BCUT2D eigenvalue weighted by molar-refractivity contribution is -0.117. The molecule has 0 aromatic heterocycles. The molecule has 4 heteroatoms. The lowest BCUT2D eigenvalue weighted by Gasteiger charge is -2.20. The Kier molecular flexibility index (Phi) is 5.06. The molecule has 142 valence electrons. The summed E-state index contributed by atoms with van der Waals surface area (Å²) >= 11 is 0. The van der Waals surface area contributed by atoms with E-state index in [0.29, 0.717) is 6.42 Å². The van der Waals surface area contributed by atoms with Crippen LogP contribution in [-0.4, -0.2) is 25.7 Å². The molecule has 2 aromatic carbocycles. The van der Waals surface area contributed by atoms with Crippen LogP contribution < -0.4 is 14.4 Å². The number of benzene rings is 2. The largest absolute Gasteiger partial charge is 0.493 e. The van der Waals surface area contributed by atoms with E-state index in [-0.39, 0.29) is 12.0 Å². The van der Waals surface area contributed by atoms with E-state index < -0.39 is 0 Å². The average molecular weight is 365 g/mol. The number of rotatable bonds is 5. The fourth-order valence-electron chi connectivity index (χ4n) is 4.12. The van der Waals surface area contributed by atoms with Gasteiger partial charge in [0, 0.05) is 18.7 Å². The van der Waals surface area contributed by atoms with Gasteiger partial charge in [-0.15, -0.1) is 0 Å². The molecule has 0 atom stereocenters. The van der Waals surface area contributed by atoms with Crippen LogP contribution in [0.5, 0.6) is 11.5 Å². The van der Waals surface area contributed by atoms with Crippen LogP contribution in [-0.2, 0) is 4.79 Å². The van der Waals surface area contributed by atoms with Crippen LogP contribution in [0.3, 0.4) is 0 Å². The van der Waals surface area contributed by atoms with Crippen molar-refractivity contribution in [3.05, 3.63) is 42.0 Å². The minimum Gasteiger partial charge on any atom is -0.493 e. The van der Waals surface area contributed by atoms with Gasteiger partial charge in [0.15, 0.2) is 11.5 Å². The first kappa shape index (κ1) is 17.9. The quantitative estimate of drug-likeness (QED) is 0.738. The van der Waals surface area contributed by atoms with E-state index in [9.17, 15) is 4.79 Å². The number of hydrogen-bond acceptors (Lipinski definition) is 3. The van der Waals surface area contributed by atoms with Gasteiger partial charge in [0.1, 0.15) is 0 Å². The molecule has 0 unspecified atom stereocenters. The molecule has 1 aliphatic carbocycles. The molecule has 1 saturated heterocycles. The zero-order valence-corrected chi connectivity index (χ0v) is 16.2. The molecule has 1 heterocycles. The number of anilines is 1. The van der Waals surface area contributed by atoms with Crippen molar-refractivity contribution in [3.63, 3.8) is 0 Å². The molecular formula is C23H27NO3. The highest BCUT2D eigenvalue weighted by Crippen LogP contribution is 2.37. The van der Waals surface area contributed by atoms with Crippen molar-refractivity contribution in [1.82, 2.24) is 0 Å². The Morgan fingerprint density at radius 3 is 2.41 bits per heavy atom. The molecule has 0 radical (unpaired) electrons. The number of carbonyl (C=O) groups excluding carboxylic acids is 1. The van der Waals surface area contributed by atoms with Crippen molar-refractivity contribution in [3.8, 4) is 22.6 Å². The third-order valence-electron chi connectivity index (χ3n) is 5.67. The van der Waals surface area contributed by atoms with E-state index in [0.717, 1.165) is 59.7 Å². The van der Waals surface area contributed by atoms with E-state index >= 15 is 0 Å². The summed E-state index contributed by atoms with van der Waals surface area (Å²) in [5, 5.41) is 0. The second-order valence-electron chi connectivity index (χ2n) is 7.54. The first-order valence-electron chi connectivity index (χ1n) is 9.92. The van der Waals surface area contributed by atoms with Crippen molar-refractivity contribution in [2.24, 2.45) is 0 Å². The number of ether oxygens (including phenoxy) is 2. The van der Waals surface area contributed by atoms with Gasteiger partial charge in [0.2, 0.25) is 5.91 Å². The molecule has 1 amide bonds. The van der Waals surface area contributed by atoms with Crippen molar-refractivity contribution >= 4 is 11.6 Å². The summed E-state index contributed by atoms with van der Waals surface area (Å²) in [6.45, 7) is 2.87. The van der Waals surface area contributed by atoms with Crippen molar-refractivity contribution in [2.75, 3.05) is 18.6 Å². The minimum atomic E-state index is 0.218. The summed E-state index contributed by atoms with van der Waals surface area (Å²) in [5.41, 5.74) is 4.32. The molecule has 1 saturated carbocycles. The topological polar surface area (TPSA) is 38.8 Å². The maximum absolute atomic E-state index is 12.2. The van der Waals surface area contributed by atoms with Crippen LogP contribution in [0, 0.1) is 6.92 Å². The highest BCUT2D eigenvalue weighted by molar-refractivity contribution is 5.96. The maximum atomic E-state index is 12.2. The third-order valence-corrected chi connectivity index (χ3v) is 5.67. The number of methoxy groups -OCH3 is 1. The van der Waals surface area contributed by atoms with E-state index in [1.165, 1.54) is 12.8 Å². The molecule has 4 rings (SSSR count). The molecule has 4 nitrogen and oxygen atoms in total. The van der Waals surface area contributed by atoms with Gasteiger partial charge < -0.3 is 14.4 Å². The van der Waals surface area contributed by atoms with Gasteiger partial charge in [-0.3, -0.25) is 4.79 Å². The van der Waals surface area contributed by atoms with Crippen LogP contribution in [0.1, 0.15) is 44.1 Å². The van der Waals surface area contributed by atoms with Gasteiger partial charge >= 0.3 is 0 Å². The fraction of sp³-hybridized carbons (Fsp3) is 0.435. The average Bonchev–Trinajstić information content (AvgIpc) is 3.34. The van der Waals surface area contributed by atoms with Gasteiger partial charge in [0.25, 0.3) is 0 Å². The van der Waals surface area contributed by atoms with Crippen LogP contribution in [0.4, 0.5) is 5.69 Å². The Labute approximate surface area is 161 Å². The Morgan fingerprint density at radius 1 is 0.963 bits per heavy atom. The molecule has 2 aliphatic rings. The predicted molar refractivity (Wildman–Crippen MR) is 108 cm³/mol. The molecule has 2 aromatic rings. The smallest absolute Gasteiger partial charge is 0.227 e. The van der Waals surface area contributed by atoms with Crippen LogP contribution in [0.15, 0.2) is 36.4 Å². The Morgan fingerprint density at radius 2 is 1.70 bits per heavy atom. The highest BCUT2D eigenvalue weighted by Gasteiger charge is 2.24. The molecular weight excluding hydrogens is 338 g/mol. The van der Waals surface area contributed by atoms with Crippen molar-refractivity contribution < 1.29 is 14.3 Å². The second-order valence-corrected chi connectivity index (χ2v) is 7.54. The molecule has 27 heavy (non-hydrogen) atoms. The Hall–Kier alpha value is -2.49. The van der Waals surface area contributed by atoms with E-state index in [1.54, 1.807) is 7.11 Å². The van der Waals surface area contributed by atoms with Crippen LogP contribution in [0.2, 0.25) is 0 Å². The highest BCUT2D eigenvalue weighted by atomic mass is 16.5. The first-order valence-corrected chi connectivity index (χ1v) is 9.92. The number of carbonyl (C=O) groups is 1. The molecule has 0 spiro atoms. The number of amides is 1. The van der Waals surface area contributed by atoms with E-state index in [2.05, 4.69) is 37.3 Å². The number of nitrogens with zero attached hydrogens (tertiary/aromatic N) is 1. The number of aryl methyl sites for hydroxylation is 1. The van der Waals surface area contributed by atoms with Gasteiger partial charge in [0.05, 0.1) is 13.2 Å². The summed E-state index contributed by atoms with van der Waals surface area (Å²) in [6, 6.07) is 12.4. The van der Waals surface area contributed by atoms with Gasteiger partial charge in [-0.05, 0) is 73.9 Å². The van der Waals surface area contributed by atoms with Crippen LogP contribution in [0.25, 0.3) is 11.1 Å². The molecule has 0 bridgehead atoms. The summed E-state index contributed by atoms with van der Waals surface area (Å²) < 4.78 is 11.7. The van der Waals surface area contributed by atoms with Gasteiger partial charge in [-0.25, -0.2) is 0 Å². The SMILES string of the molecule is COc1ccc(-c2ccc(C)c(N3CCCC3=O)c2)cc1OC1CCCC1. The Balaban J connectivity index is 1.67. The summed E-state index contributed by atoms with van der Waals surface area (Å²) in [5.74, 6) is 1.80. The first-order chi connectivity index (χ1) is 13.2. The summed E-state index contributed by atoms with van der Waals surface area (Å²) in [4.78, 5) is 14.1. The molecule has 0 N–H and O–H groups in total. The van der Waals surface area contributed by atoms with Crippen molar-refractivity contribution in [1.29, 1.82) is 0 Å². The standard InChI is InChI=1S/C23H27NO3/c1-16-9-10-17(14-20(16)24-13-5-8-23(24)25)18-11-12-21(26-2)22(15-18)27-19-6-3-4-7-19/h9-12,14-15,19H,3-8,13H2,1-2H3. The molecule has 1 aliphatic heterocycles. The number of hydrogen-bond donors (Lipinski definition) is 0. The van der Waals surface area contributed by atoms with E-state index in [1.807, 2.05) is 11.0 Å². The van der Waals surface area contributed by atoms with Crippen LogP contribution >= 0.6 is 0 Å². The lowest BCUT2D eigenvalue weighted by Crippen LogP contribution is -2.24. The Bertz CT molecular complexity index is 840. The van der Waals surface area contributed by atoms with Crippen molar-refractivity contribution in [2.45, 2.75) is 51.6 Å². The fourth-order valence-corrected chi connectivity index (χ4v) is 4.12. The van der Waals surface area contributed by atoms with Gasteiger partial charge in [-0.1, -0.05) is 18.2 Å². The third kappa shape index (κ3) is 3.66. The zero-order chi connectivity index (χ0) is 18.8. The zero-order valence-electron chi connectivity index (χ0n) is 16.2. The predicted octanol–water partition coefficient (Wildman–Crippen LogP) is 5.12. The van der Waals surface area contributed by atoms with Gasteiger partial charge in [-0.2, -0.15) is 0 Å². The maximum Gasteiger partial charge on any atom is 0.227 e. The monoisotopic (exact) mass is 365 g/mol. The molecule has 2 fully saturated rings. The second kappa shape index (κ2) is 7.63. The lowest BCUT2D eigenvalue weighted by atomic mass is 10.0. The minimum absolute atomic E-state index is 0.218. The summed E-state index contributed by atoms with van der Waals surface area (Å²) in [7, 11) is 1.68.